The van der Waals surface area contributed by atoms with E-state index in [0.29, 0.717) is 38.8 Å². The van der Waals surface area contributed by atoms with E-state index in [1.165, 1.54) is 0 Å². The first-order valence-electron chi connectivity index (χ1n) is 11.3. The Balaban J connectivity index is 1.74. The molecule has 0 spiro atoms. The van der Waals surface area contributed by atoms with Crippen LogP contribution in [0.1, 0.15) is 66.5 Å². The maximum absolute atomic E-state index is 13.2. The molecule has 1 amide bonds. The third-order valence-corrected chi connectivity index (χ3v) is 6.10. The Bertz CT molecular complexity index is 997. The van der Waals surface area contributed by atoms with Gasteiger partial charge in [0.25, 0.3) is 0 Å². The van der Waals surface area contributed by atoms with Gasteiger partial charge >= 0.3 is 0 Å². The molecule has 1 aliphatic rings. The maximum atomic E-state index is 13.2. The minimum absolute atomic E-state index is 0.0158. The van der Waals surface area contributed by atoms with Gasteiger partial charge in [-0.15, -0.1) is 5.92 Å². The molecule has 0 aliphatic carbocycles. The number of hydrogen-bond donors (Lipinski definition) is 1. The second-order valence-electron chi connectivity index (χ2n) is 8.53. The highest BCUT2D eigenvalue weighted by Crippen LogP contribution is 2.32. The van der Waals surface area contributed by atoms with E-state index in [-0.39, 0.29) is 18.1 Å². The third-order valence-electron chi connectivity index (χ3n) is 6.10. The Kier molecular flexibility index (Phi) is 8.19. The smallest absolute Gasteiger partial charge is 0.228 e. The fraction of sp³-hybridized carbons (Fsp3) is 0.444. The summed E-state index contributed by atoms with van der Waals surface area (Å²) < 4.78 is 0. The average molecular weight is 433 g/mol. The monoisotopic (exact) mass is 432 g/mol. The van der Waals surface area contributed by atoms with Gasteiger partial charge in [0.2, 0.25) is 5.91 Å². The van der Waals surface area contributed by atoms with Crippen LogP contribution in [0.3, 0.4) is 0 Å². The summed E-state index contributed by atoms with van der Waals surface area (Å²) in [6.45, 7) is 6.90. The highest BCUT2D eigenvalue weighted by atomic mass is 16.3. The third kappa shape index (κ3) is 5.83. The van der Waals surface area contributed by atoms with E-state index in [0.717, 1.165) is 27.9 Å². The molecule has 1 fully saturated rings. The predicted octanol–water partition coefficient (Wildman–Crippen LogP) is 3.73. The standard InChI is InChI=1S/C27H32N2O3/c1-4-9-21-16-19(2)26(20(3)17-21)27-23(30)11-7-14-29(15-8-12-24(27)31)25(32)18-22-10-5-6-13-28-22/h5-6,10,13,16-17,23,27,30H,7-8,11-12,14-15,18H2,1-3H3. The van der Waals surface area contributed by atoms with Crippen molar-refractivity contribution >= 4 is 11.7 Å². The number of aromatic nitrogens is 1. The Hall–Kier alpha value is -2.97. The van der Waals surface area contributed by atoms with Gasteiger partial charge in [-0.25, -0.2) is 0 Å². The first-order valence-corrected chi connectivity index (χ1v) is 11.3. The summed E-state index contributed by atoms with van der Waals surface area (Å²) in [5, 5.41) is 11.0. The molecule has 168 valence electrons. The van der Waals surface area contributed by atoms with Crippen molar-refractivity contribution in [2.24, 2.45) is 0 Å². The Labute approximate surface area is 190 Å². The van der Waals surface area contributed by atoms with Crippen LogP contribution in [0.4, 0.5) is 0 Å². The summed E-state index contributed by atoms with van der Waals surface area (Å²) in [7, 11) is 0. The highest BCUT2D eigenvalue weighted by Gasteiger charge is 2.31. The SMILES string of the molecule is CC#Cc1cc(C)c(C2C(=O)CCCN(C(=O)Cc3ccccn3)CCCC2O)c(C)c1. The number of aliphatic hydroxyl groups is 1. The zero-order valence-electron chi connectivity index (χ0n) is 19.2. The fourth-order valence-electron chi connectivity index (χ4n) is 4.64. The lowest BCUT2D eigenvalue weighted by atomic mass is 9.80. The van der Waals surface area contributed by atoms with E-state index in [2.05, 4.69) is 16.8 Å². The summed E-state index contributed by atoms with van der Waals surface area (Å²) in [5.74, 6) is 5.51. The lowest BCUT2D eigenvalue weighted by Crippen LogP contribution is -2.37. The zero-order valence-corrected chi connectivity index (χ0v) is 19.2. The molecule has 2 atom stereocenters. The van der Waals surface area contributed by atoms with Gasteiger partial charge in [-0.1, -0.05) is 12.0 Å². The molecule has 32 heavy (non-hydrogen) atoms. The van der Waals surface area contributed by atoms with Gasteiger partial charge < -0.3 is 10.0 Å². The predicted molar refractivity (Wildman–Crippen MR) is 125 cm³/mol. The summed E-state index contributed by atoms with van der Waals surface area (Å²) in [5.41, 5.74) is 4.57. The molecule has 1 aliphatic heterocycles. The van der Waals surface area contributed by atoms with Crippen molar-refractivity contribution in [2.75, 3.05) is 13.1 Å². The van der Waals surface area contributed by atoms with Gasteiger partial charge in [0.05, 0.1) is 18.4 Å². The molecule has 1 N–H and O–H groups in total. The van der Waals surface area contributed by atoms with E-state index >= 15 is 0 Å². The molecule has 2 heterocycles. The summed E-state index contributed by atoms with van der Waals surface area (Å²) in [6.07, 6.45) is 3.22. The molecule has 0 bridgehead atoms. The molecule has 5 heteroatoms. The number of pyridine rings is 1. The normalized spacial score (nSPS) is 19.8. The van der Waals surface area contributed by atoms with E-state index in [1.807, 2.05) is 49.1 Å². The van der Waals surface area contributed by atoms with E-state index in [9.17, 15) is 14.7 Å². The molecule has 3 rings (SSSR count). The van der Waals surface area contributed by atoms with E-state index in [1.54, 1.807) is 13.1 Å². The van der Waals surface area contributed by atoms with E-state index < -0.39 is 12.0 Å². The van der Waals surface area contributed by atoms with Gasteiger partial charge in [0.1, 0.15) is 5.78 Å². The lowest BCUT2D eigenvalue weighted by molar-refractivity contribution is -0.132. The largest absolute Gasteiger partial charge is 0.392 e. The van der Waals surface area contributed by atoms with Crippen molar-refractivity contribution in [3.8, 4) is 11.8 Å². The number of rotatable bonds is 3. The molecular weight excluding hydrogens is 400 g/mol. The lowest BCUT2D eigenvalue weighted by Gasteiger charge is -2.29. The van der Waals surface area contributed by atoms with E-state index in [4.69, 9.17) is 0 Å². The molecule has 1 saturated heterocycles. The number of aryl methyl sites for hydroxylation is 2. The van der Waals surface area contributed by atoms with Gasteiger partial charge in [-0.3, -0.25) is 14.6 Å². The average Bonchev–Trinajstić information content (AvgIpc) is 2.75. The Morgan fingerprint density at radius 3 is 2.56 bits per heavy atom. The number of amides is 1. The van der Waals surface area contributed by atoms with Crippen molar-refractivity contribution < 1.29 is 14.7 Å². The zero-order chi connectivity index (χ0) is 23.1. The molecule has 2 unspecified atom stereocenters. The highest BCUT2D eigenvalue weighted by molar-refractivity contribution is 5.87. The minimum atomic E-state index is -0.770. The van der Waals surface area contributed by atoms with Gasteiger partial charge in [0.15, 0.2) is 0 Å². The van der Waals surface area contributed by atoms with Crippen LogP contribution in [0, 0.1) is 25.7 Å². The van der Waals surface area contributed by atoms with Crippen molar-refractivity contribution in [2.45, 2.75) is 64.9 Å². The van der Waals surface area contributed by atoms with Crippen LogP contribution < -0.4 is 0 Å². The van der Waals surface area contributed by atoms with Crippen LogP contribution >= 0.6 is 0 Å². The van der Waals surface area contributed by atoms with Crippen LogP contribution in [0.25, 0.3) is 0 Å². The maximum Gasteiger partial charge on any atom is 0.228 e. The molecular formula is C27H32N2O3. The summed E-state index contributed by atoms with van der Waals surface area (Å²) in [6, 6.07) is 9.54. The minimum Gasteiger partial charge on any atom is -0.392 e. The second-order valence-corrected chi connectivity index (χ2v) is 8.53. The molecule has 2 aromatic rings. The number of benzene rings is 1. The number of carbonyl (C=O) groups excluding carboxylic acids is 2. The number of ketones is 1. The number of nitrogens with zero attached hydrogens (tertiary/aromatic N) is 2. The number of Topliss-reactive ketones (excluding diaryl/α,β-unsaturated/α-hetero) is 1. The first-order chi connectivity index (χ1) is 15.4. The van der Waals surface area contributed by atoms with Crippen molar-refractivity contribution in [3.05, 3.63) is 64.5 Å². The van der Waals surface area contributed by atoms with Crippen LogP contribution in [0.2, 0.25) is 0 Å². The van der Waals surface area contributed by atoms with Gasteiger partial charge in [0, 0.05) is 37.0 Å². The number of carbonyl (C=O) groups is 2. The number of aliphatic hydroxyl groups excluding tert-OH is 1. The topological polar surface area (TPSA) is 70.5 Å². The van der Waals surface area contributed by atoms with Crippen LogP contribution in [-0.2, 0) is 16.0 Å². The molecule has 1 aromatic carbocycles. The van der Waals surface area contributed by atoms with Crippen molar-refractivity contribution in [1.82, 2.24) is 9.88 Å². The first kappa shape index (κ1) is 23.7. The fourth-order valence-corrected chi connectivity index (χ4v) is 4.64. The van der Waals surface area contributed by atoms with Crippen molar-refractivity contribution in [3.63, 3.8) is 0 Å². The van der Waals surface area contributed by atoms with Crippen molar-refractivity contribution in [1.29, 1.82) is 0 Å². The molecule has 0 radical (unpaired) electrons. The Morgan fingerprint density at radius 2 is 1.91 bits per heavy atom. The Morgan fingerprint density at radius 1 is 1.19 bits per heavy atom. The van der Waals surface area contributed by atoms with Crippen LogP contribution in [0.15, 0.2) is 36.5 Å². The van der Waals surface area contributed by atoms with Crippen LogP contribution in [0.5, 0.6) is 0 Å². The number of hydrogen-bond acceptors (Lipinski definition) is 4. The molecule has 1 aromatic heterocycles. The van der Waals surface area contributed by atoms with Crippen LogP contribution in [-0.4, -0.2) is 45.9 Å². The quantitative estimate of drug-likeness (QED) is 0.751. The summed E-state index contributed by atoms with van der Waals surface area (Å²) >= 11 is 0. The second kappa shape index (κ2) is 11.1. The van der Waals surface area contributed by atoms with Gasteiger partial charge in [-0.05, 0) is 81.0 Å². The summed E-state index contributed by atoms with van der Waals surface area (Å²) in [4.78, 5) is 32.1. The van der Waals surface area contributed by atoms with Gasteiger partial charge in [-0.2, -0.15) is 0 Å². The molecule has 5 nitrogen and oxygen atoms in total. The molecule has 0 saturated carbocycles.